The van der Waals surface area contributed by atoms with E-state index in [1.165, 1.54) is 0 Å². The molecule has 0 saturated carbocycles. The summed E-state index contributed by atoms with van der Waals surface area (Å²) in [4.78, 5) is 4.37. The lowest BCUT2D eigenvalue weighted by molar-refractivity contribution is 0.0580. The molecule has 0 bridgehead atoms. The number of imidazole rings is 1. The summed E-state index contributed by atoms with van der Waals surface area (Å²) < 4.78 is 7.68. The van der Waals surface area contributed by atoms with E-state index in [-0.39, 0.29) is 0 Å². The number of ether oxygens (including phenoxy) is 1. The predicted octanol–water partition coefficient (Wildman–Crippen LogP) is 1.94. The maximum Gasteiger partial charge on any atom is 0.141 e. The first kappa shape index (κ1) is 10.5. The molecule has 15 heavy (non-hydrogen) atoms. The Morgan fingerprint density at radius 3 is 3.00 bits per heavy atom. The van der Waals surface area contributed by atoms with Crippen LogP contribution < -0.4 is 5.73 Å². The molecule has 1 fully saturated rings. The molecule has 1 aromatic rings. The van der Waals surface area contributed by atoms with Gasteiger partial charge in [0, 0.05) is 18.7 Å². The number of aromatic nitrogens is 2. The predicted molar refractivity (Wildman–Crippen MR) is 59.8 cm³/mol. The third-order valence-corrected chi connectivity index (χ3v) is 2.83. The summed E-state index contributed by atoms with van der Waals surface area (Å²) in [5.74, 6) is 2.09. The van der Waals surface area contributed by atoms with E-state index in [9.17, 15) is 0 Å². The normalized spacial score (nSPS) is 22.2. The second-order valence-electron chi connectivity index (χ2n) is 4.46. The van der Waals surface area contributed by atoms with E-state index in [0.717, 1.165) is 31.9 Å². The van der Waals surface area contributed by atoms with Crippen LogP contribution in [-0.4, -0.2) is 22.8 Å². The first-order valence-corrected chi connectivity index (χ1v) is 5.60. The zero-order chi connectivity index (χ0) is 10.8. The maximum atomic E-state index is 5.75. The summed E-state index contributed by atoms with van der Waals surface area (Å²) in [6.07, 6.45) is 4.23. The van der Waals surface area contributed by atoms with E-state index in [1.54, 1.807) is 0 Å². The summed E-state index contributed by atoms with van der Waals surface area (Å²) in [6, 6.07) is 0.418. The molecule has 1 atom stereocenters. The number of anilines is 1. The van der Waals surface area contributed by atoms with E-state index in [2.05, 4.69) is 23.4 Å². The van der Waals surface area contributed by atoms with Gasteiger partial charge in [0.15, 0.2) is 0 Å². The lowest BCUT2D eigenvalue weighted by atomic mass is 10.1. The minimum Gasteiger partial charge on any atom is -0.382 e. The largest absolute Gasteiger partial charge is 0.382 e. The van der Waals surface area contributed by atoms with Crippen LogP contribution in [0.2, 0.25) is 0 Å². The highest BCUT2D eigenvalue weighted by Crippen LogP contribution is 2.25. The fraction of sp³-hybridized carbons (Fsp3) is 0.727. The smallest absolute Gasteiger partial charge is 0.141 e. The number of nitrogens with zero attached hydrogens (tertiary/aromatic N) is 2. The van der Waals surface area contributed by atoms with Crippen molar-refractivity contribution in [1.82, 2.24) is 9.55 Å². The van der Waals surface area contributed by atoms with Gasteiger partial charge in [0.25, 0.3) is 0 Å². The van der Waals surface area contributed by atoms with Gasteiger partial charge in [0.05, 0.1) is 12.6 Å². The van der Waals surface area contributed by atoms with Gasteiger partial charge in [-0.2, -0.15) is 0 Å². The monoisotopic (exact) mass is 209 g/mol. The average Bonchev–Trinajstić information content (AvgIpc) is 2.62. The fourth-order valence-corrected chi connectivity index (χ4v) is 2.09. The van der Waals surface area contributed by atoms with Crippen LogP contribution in [0, 0.1) is 0 Å². The van der Waals surface area contributed by atoms with E-state index in [0.29, 0.717) is 17.8 Å². The molecule has 84 valence electrons. The van der Waals surface area contributed by atoms with Crippen molar-refractivity contribution in [3.63, 3.8) is 0 Å². The molecule has 0 amide bonds. The third-order valence-electron chi connectivity index (χ3n) is 2.83. The quantitative estimate of drug-likeness (QED) is 0.809. The van der Waals surface area contributed by atoms with Crippen molar-refractivity contribution in [1.29, 1.82) is 0 Å². The average molecular weight is 209 g/mol. The Balaban J connectivity index is 2.25. The van der Waals surface area contributed by atoms with Gasteiger partial charge in [-0.15, -0.1) is 0 Å². The Bertz CT molecular complexity index is 327. The van der Waals surface area contributed by atoms with Crippen LogP contribution in [0.1, 0.15) is 44.5 Å². The highest BCUT2D eigenvalue weighted by molar-refractivity contribution is 5.27. The number of nitrogens with two attached hydrogens (primary N) is 1. The van der Waals surface area contributed by atoms with Gasteiger partial charge in [-0.25, -0.2) is 4.98 Å². The molecule has 1 saturated heterocycles. The summed E-state index contributed by atoms with van der Waals surface area (Å²) in [5.41, 5.74) is 5.75. The third kappa shape index (κ3) is 2.15. The van der Waals surface area contributed by atoms with Crippen LogP contribution >= 0.6 is 0 Å². The fourth-order valence-electron chi connectivity index (χ4n) is 2.09. The second kappa shape index (κ2) is 4.23. The Labute approximate surface area is 90.4 Å². The first-order valence-electron chi connectivity index (χ1n) is 5.60. The van der Waals surface area contributed by atoms with E-state index < -0.39 is 0 Å². The van der Waals surface area contributed by atoms with Gasteiger partial charge < -0.3 is 15.0 Å². The maximum absolute atomic E-state index is 5.75. The van der Waals surface area contributed by atoms with Crippen LogP contribution in [0.25, 0.3) is 0 Å². The molecule has 0 aliphatic carbocycles. The summed E-state index contributed by atoms with van der Waals surface area (Å²) in [6.45, 7) is 5.96. The molecule has 1 aliphatic rings. The van der Waals surface area contributed by atoms with Crippen molar-refractivity contribution in [2.75, 3.05) is 18.9 Å². The molecule has 2 rings (SSSR count). The molecule has 2 heterocycles. The van der Waals surface area contributed by atoms with Gasteiger partial charge in [0.2, 0.25) is 0 Å². The van der Waals surface area contributed by atoms with E-state index >= 15 is 0 Å². The summed E-state index contributed by atoms with van der Waals surface area (Å²) in [7, 11) is 0. The van der Waals surface area contributed by atoms with Crippen molar-refractivity contribution in [3.05, 3.63) is 12.0 Å². The van der Waals surface area contributed by atoms with Gasteiger partial charge in [0.1, 0.15) is 11.6 Å². The number of rotatable bonds is 2. The zero-order valence-corrected chi connectivity index (χ0v) is 9.44. The molecular weight excluding hydrogens is 190 g/mol. The summed E-state index contributed by atoms with van der Waals surface area (Å²) in [5, 5.41) is 0. The van der Waals surface area contributed by atoms with E-state index in [1.807, 2.05) is 6.20 Å². The lowest BCUT2D eigenvalue weighted by Crippen LogP contribution is -2.22. The van der Waals surface area contributed by atoms with Gasteiger partial charge in [-0.05, 0) is 12.8 Å². The first-order chi connectivity index (χ1) is 7.18. The van der Waals surface area contributed by atoms with Crippen LogP contribution in [0.15, 0.2) is 6.20 Å². The van der Waals surface area contributed by atoms with Crippen LogP contribution in [0.4, 0.5) is 5.82 Å². The Kier molecular flexibility index (Phi) is 2.95. The Morgan fingerprint density at radius 1 is 1.60 bits per heavy atom. The van der Waals surface area contributed by atoms with Gasteiger partial charge in [-0.3, -0.25) is 0 Å². The second-order valence-corrected chi connectivity index (χ2v) is 4.46. The highest BCUT2D eigenvalue weighted by atomic mass is 16.5. The molecule has 1 aliphatic heterocycles. The topological polar surface area (TPSA) is 53.1 Å². The minimum atomic E-state index is 0.407. The SMILES string of the molecule is CC(C)c1nc(N)cn1C1CCCOC1. The molecule has 0 spiro atoms. The Morgan fingerprint density at radius 2 is 2.40 bits per heavy atom. The van der Waals surface area contributed by atoms with Crippen LogP contribution in [0.3, 0.4) is 0 Å². The molecule has 4 nitrogen and oxygen atoms in total. The van der Waals surface area contributed by atoms with Crippen molar-refractivity contribution in [3.8, 4) is 0 Å². The number of hydrogen-bond acceptors (Lipinski definition) is 3. The molecule has 1 unspecified atom stereocenters. The van der Waals surface area contributed by atoms with Crippen molar-refractivity contribution in [2.24, 2.45) is 0 Å². The minimum absolute atomic E-state index is 0.407. The van der Waals surface area contributed by atoms with Gasteiger partial charge >= 0.3 is 0 Å². The van der Waals surface area contributed by atoms with Crippen LogP contribution in [-0.2, 0) is 4.74 Å². The molecule has 0 radical (unpaired) electrons. The standard InChI is InChI=1S/C11H19N3O/c1-8(2)11-13-10(12)6-14(11)9-4-3-5-15-7-9/h6,8-9H,3-5,7,12H2,1-2H3. The van der Waals surface area contributed by atoms with Gasteiger partial charge in [-0.1, -0.05) is 13.8 Å². The molecular formula is C11H19N3O. The highest BCUT2D eigenvalue weighted by Gasteiger charge is 2.20. The van der Waals surface area contributed by atoms with Crippen molar-refractivity contribution >= 4 is 5.82 Å². The molecule has 2 N–H and O–H groups in total. The summed E-state index contributed by atoms with van der Waals surface area (Å²) >= 11 is 0. The van der Waals surface area contributed by atoms with Crippen molar-refractivity contribution in [2.45, 2.75) is 38.6 Å². The van der Waals surface area contributed by atoms with Crippen molar-refractivity contribution < 1.29 is 4.74 Å². The lowest BCUT2D eigenvalue weighted by Gasteiger charge is -2.25. The molecule has 1 aromatic heterocycles. The molecule has 4 heteroatoms. The number of nitrogen functional groups attached to an aromatic ring is 1. The zero-order valence-electron chi connectivity index (χ0n) is 9.44. The van der Waals surface area contributed by atoms with E-state index in [4.69, 9.17) is 10.5 Å². The van der Waals surface area contributed by atoms with Crippen LogP contribution in [0.5, 0.6) is 0 Å². The molecule has 0 aromatic carbocycles. The number of hydrogen-bond donors (Lipinski definition) is 1. The Hall–Kier alpha value is -1.03.